The van der Waals surface area contributed by atoms with E-state index < -0.39 is 10.9 Å². The van der Waals surface area contributed by atoms with Crippen molar-refractivity contribution in [3.8, 4) is 11.5 Å². The molecule has 0 amide bonds. The smallest absolute Gasteiger partial charge is 0.248 e. The van der Waals surface area contributed by atoms with Crippen molar-refractivity contribution in [2.75, 3.05) is 25.5 Å². The SMILES string of the molecule is C[C@H]1C[C@@H]1CNc1cc(-c2nnc([C@H]3NCCC[C@H]3c3ccccc3)o2)cc(CN(C)[SH](=O)=O)n1. The summed E-state index contributed by atoms with van der Waals surface area (Å²) in [4.78, 5) is 4.63. The minimum absolute atomic E-state index is 0.0572. The number of aromatic nitrogens is 3. The first-order chi connectivity index (χ1) is 17.0. The molecule has 2 aliphatic rings. The Morgan fingerprint density at radius 1 is 1.20 bits per heavy atom. The van der Waals surface area contributed by atoms with Crippen LogP contribution >= 0.6 is 0 Å². The molecule has 1 aliphatic carbocycles. The summed E-state index contributed by atoms with van der Waals surface area (Å²) in [5.74, 6) is 3.27. The van der Waals surface area contributed by atoms with Crippen LogP contribution in [0.25, 0.3) is 11.5 Å². The van der Waals surface area contributed by atoms with Gasteiger partial charge in [-0.15, -0.1) is 10.2 Å². The van der Waals surface area contributed by atoms with Gasteiger partial charge in [0.15, 0.2) is 0 Å². The monoisotopic (exact) mass is 496 g/mol. The fourth-order valence-corrected chi connectivity index (χ4v) is 5.04. The summed E-state index contributed by atoms with van der Waals surface area (Å²) in [7, 11) is -1.16. The molecule has 4 atom stereocenters. The third-order valence-electron chi connectivity index (χ3n) is 7.01. The fraction of sp³-hybridized carbons (Fsp3) is 0.480. The molecular formula is C25H32N6O3S. The van der Waals surface area contributed by atoms with Crippen LogP contribution in [0.2, 0.25) is 0 Å². The zero-order valence-corrected chi connectivity index (χ0v) is 20.9. The van der Waals surface area contributed by atoms with Crippen molar-refractivity contribution in [3.63, 3.8) is 0 Å². The lowest BCUT2D eigenvalue weighted by molar-refractivity contribution is 0.303. The zero-order chi connectivity index (χ0) is 24.4. The van der Waals surface area contributed by atoms with Gasteiger partial charge in [0, 0.05) is 25.1 Å². The van der Waals surface area contributed by atoms with E-state index in [9.17, 15) is 8.42 Å². The normalized spacial score (nSPS) is 24.1. The summed E-state index contributed by atoms with van der Waals surface area (Å²) in [6, 6.07) is 14.1. The number of pyridine rings is 1. The Bertz CT molecular complexity index is 1220. The molecule has 10 heteroatoms. The predicted octanol–water partition coefficient (Wildman–Crippen LogP) is 3.37. The van der Waals surface area contributed by atoms with Crippen molar-refractivity contribution in [2.45, 2.75) is 44.7 Å². The van der Waals surface area contributed by atoms with Gasteiger partial charge in [-0.1, -0.05) is 37.3 Å². The highest BCUT2D eigenvalue weighted by atomic mass is 32.2. The molecule has 186 valence electrons. The first kappa shape index (κ1) is 23.9. The molecule has 1 saturated carbocycles. The minimum Gasteiger partial charge on any atom is -0.419 e. The van der Waals surface area contributed by atoms with Crippen LogP contribution in [0.5, 0.6) is 0 Å². The maximum absolute atomic E-state index is 11.4. The molecule has 1 saturated heterocycles. The lowest BCUT2D eigenvalue weighted by atomic mass is 9.85. The summed E-state index contributed by atoms with van der Waals surface area (Å²) in [6.45, 7) is 4.15. The summed E-state index contributed by atoms with van der Waals surface area (Å²) in [5.41, 5.74) is 2.60. The molecule has 0 spiro atoms. The molecule has 1 aromatic carbocycles. The maximum atomic E-state index is 11.4. The van der Waals surface area contributed by atoms with Crippen molar-refractivity contribution < 1.29 is 12.8 Å². The van der Waals surface area contributed by atoms with Crippen LogP contribution in [0.3, 0.4) is 0 Å². The van der Waals surface area contributed by atoms with E-state index in [1.54, 1.807) is 0 Å². The Morgan fingerprint density at radius 2 is 2.00 bits per heavy atom. The second-order valence-electron chi connectivity index (χ2n) is 9.68. The second kappa shape index (κ2) is 10.4. The molecule has 3 aromatic rings. The molecule has 0 unspecified atom stereocenters. The van der Waals surface area contributed by atoms with Crippen molar-refractivity contribution in [1.29, 1.82) is 0 Å². The number of nitrogens with one attached hydrogen (secondary N) is 2. The van der Waals surface area contributed by atoms with Crippen molar-refractivity contribution >= 4 is 16.7 Å². The number of rotatable bonds is 9. The van der Waals surface area contributed by atoms with Crippen LogP contribution in [-0.4, -0.2) is 48.0 Å². The van der Waals surface area contributed by atoms with Crippen molar-refractivity contribution in [3.05, 3.63) is 59.6 Å². The van der Waals surface area contributed by atoms with Gasteiger partial charge >= 0.3 is 0 Å². The van der Waals surface area contributed by atoms with Crippen LogP contribution in [0.1, 0.15) is 55.3 Å². The molecule has 2 N–H and O–H groups in total. The fourth-order valence-electron chi connectivity index (χ4n) is 4.78. The van der Waals surface area contributed by atoms with Crippen LogP contribution in [0, 0.1) is 11.8 Å². The third kappa shape index (κ3) is 5.71. The van der Waals surface area contributed by atoms with E-state index >= 15 is 0 Å². The maximum Gasteiger partial charge on any atom is 0.248 e. The number of hydrogen-bond donors (Lipinski definition) is 3. The zero-order valence-electron chi connectivity index (χ0n) is 20.1. The second-order valence-corrected chi connectivity index (χ2v) is 10.8. The lowest BCUT2D eigenvalue weighted by Crippen LogP contribution is -2.33. The number of anilines is 1. The molecule has 0 radical (unpaired) electrons. The number of nitrogens with zero attached hydrogens (tertiary/aromatic N) is 4. The van der Waals surface area contributed by atoms with Crippen LogP contribution in [0.15, 0.2) is 46.9 Å². The van der Waals surface area contributed by atoms with Gasteiger partial charge < -0.3 is 15.1 Å². The highest BCUT2D eigenvalue weighted by Gasteiger charge is 2.33. The summed E-state index contributed by atoms with van der Waals surface area (Å²) in [5, 5.41) is 15.7. The molecule has 35 heavy (non-hydrogen) atoms. The summed E-state index contributed by atoms with van der Waals surface area (Å²) >= 11 is 0. The van der Waals surface area contributed by atoms with Crippen molar-refractivity contribution in [1.82, 2.24) is 24.8 Å². The van der Waals surface area contributed by atoms with E-state index in [1.807, 2.05) is 18.2 Å². The van der Waals surface area contributed by atoms with E-state index in [0.29, 0.717) is 29.2 Å². The average Bonchev–Trinajstić information content (AvgIpc) is 3.36. The number of piperidine rings is 1. The highest BCUT2D eigenvalue weighted by Crippen LogP contribution is 2.39. The first-order valence-corrected chi connectivity index (χ1v) is 13.3. The van der Waals surface area contributed by atoms with Gasteiger partial charge in [0.1, 0.15) is 5.82 Å². The van der Waals surface area contributed by atoms with E-state index in [1.165, 1.54) is 23.3 Å². The van der Waals surface area contributed by atoms with Gasteiger partial charge in [-0.25, -0.2) is 17.7 Å². The molecule has 1 aliphatic heterocycles. The van der Waals surface area contributed by atoms with E-state index in [0.717, 1.165) is 37.4 Å². The van der Waals surface area contributed by atoms with Gasteiger partial charge in [-0.2, -0.15) is 0 Å². The summed E-state index contributed by atoms with van der Waals surface area (Å²) in [6.07, 6.45) is 3.35. The molecular weight excluding hydrogens is 464 g/mol. The topological polar surface area (TPSA) is 113 Å². The Morgan fingerprint density at radius 3 is 2.74 bits per heavy atom. The summed E-state index contributed by atoms with van der Waals surface area (Å²) < 4.78 is 30.2. The van der Waals surface area contributed by atoms with Gasteiger partial charge in [0.05, 0.1) is 18.3 Å². The van der Waals surface area contributed by atoms with Gasteiger partial charge in [0.2, 0.25) is 22.7 Å². The Balaban J connectivity index is 1.42. The van der Waals surface area contributed by atoms with Crippen LogP contribution in [-0.2, 0) is 17.4 Å². The quantitative estimate of drug-likeness (QED) is 0.387. The highest BCUT2D eigenvalue weighted by molar-refractivity contribution is 7.69. The third-order valence-corrected chi connectivity index (χ3v) is 7.71. The molecule has 0 bridgehead atoms. The molecule has 3 heterocycles. The Labute approximate surface area is 207 Å². The average molecular weight is 497 g/mol. The van der Waals surface area contributed by atoms with E-state index in [-0.39, 0.29) is 18.5 Å². The van der Waals surface area contributed by atoms with Gasteiger partial charge in [0.25, 0.3) is 0 Å². The Kier molecular flexibility index (Phi) is 7.12. The molecule has 9 nitrogen and oxygen atoms in total. The first-order valence-electron chi connectivity index (χ1n) is 12.2. The van der Waals surface area contributed by atoms with Gasteiger partial charge in [-0.05, 0) is 55.3 Å². The van der Waals surface area contributed by atoms with Gasteiger partial charge in [-0.3, -0.25) is 0 Å². The predicted molar refractivity (Wildman–Crippen MR) is 134 cm³/mol. The molecule has 2 fully saturated rings. The van der Waals surface area contributed by atoms with E-state index in [4.69, 9.17) is 4.42 Å². The minimum atomic E-state index is -2.69. The van der Waals surface area contributed by atoms with Crippen molar-refractivity contribution in [2.24, 2.45) is 11.8 Å². The molecule has 5 rings (SSSR count). The number of thiol groups is 1. The largest absolute Gasteiger partial charge is 0.419 e. The van der Waals surface area contributed by atoms with Crippen LogP contribution < -0.4 is 10.6 Å². The number of hydrogen-bond acceptors (Lipinski definition) is 8. The lowest BCUT2D eigenvalue weighted by Gasteiger charge is -2.30. The van der Waals surface area contributed by atoms with Crippen LogP contribution in [0.4, 0.5) is 5.82 Å². The van der Waals surface area contributed by atoms with E-state index in [2.05, 4.69) is 57.0 Å². The molecule has 2 aromatic heterocycles. The standard InChI is InChI=1S/C25H32N6O3S/c1-16-11-19(16)14-27-22-13-18(12-20(28-22)15-31(2)35(32)33)24-29-30-25(34-24)23-21(9-6-10-26-23)17-7-4-3-5-8-17/h3-5,7-8,12-13,16,19,21,23,26,35H,6,9-11,14-15H2,1-2H3,(H,27,28)/t16-,19+,21-,23-/m0/s1. The number of benzene rings is 1. The Hall–Kier alpha value is -2.82.